The number of aliphatic hydroxyl groups excluding tert-OH is 1. The first-order valence-corrected chi connectivity index (χ1v) is 11.8. The molecular weight excluding hydrogens is 505 g/mol. The molecule has 37 heavy (non-hydrogen) atoms. The molecule has 3 aromatic rings. The summed E-state index contributed by atoms with van der Waals surface area (Å²) in [5, 5.41) is 12.0. The third-order valence-electron chi connectivity index (χ3n) is 7.04. The normalized spacial score (nSPS) is 21.8. The molecule has 3 atom stereocenters. The molecule has 0 radical (unpaired) electrons. The zero-order chi connectivity index (χ0) is 26.6. The number of halogens is 2. The molecule has 5 rings (SSSR count). The van der Waals surface area contributed by atoms with Crippen molar-refractivity contribution in [3.05, 3.63) is 69.8 Å². The lowest BCUT2D eigenvalue weighted by Crippen LogP contribution is -2.55. The Labute approximate surface area is 216 Å². The number of fused-ring (bicyclic) bond motifs is 2. The maximum atomic E-state index is 14.0. The predicted molar refractivity (Wildman–Crippen MR) is 131 cm³/mol. The Kier molecular flexibility index (Phi) is 6.08. The number of ether oxygens (including phenoxy) is 4. The van der Waals surface area contributed by atoms with E-state index in [0.717, 1.165) is 0 Å². The first kappa shape index (κ1) is 25.0. The number of nitrogens with zero attached hydrogens (tertiary/aromatic N) is 1. The van der Waals surface area contributed by atoms with Crippen molar-refractivity contribution >= 4 is 23.4 Å². The molecular formula is C27H23ClFNO7. The van der Waals surface area contributed by atoms with Crippen LogP contribution in [-0.2, 0) is 11.2 Å². The van der Waals surface area contributed by atoms with Crippen molar-refractivity contribution in [3.63, 3.8) is 0 Å². The van der Waals surface area contributed by atoms with Gasteiger partial charge in [0.15, 0.2) is 5.75 Å². The number of methoxy groups -OCH3 is 3. The summed E-state index contributed by atoms with van der Waals surface area (Å²) in [5.74, 6) is -1.72. The minimum absolute atomic E-state index is 0.0207. The van der Waals surface area contributed by atoms with Gasteiger partial charge in [-0.05, 0) is 35.7 Å². The van der Waals surface area contributed by atoms with E-state index in [9.17, 15) is 19.1 Å². The molecule has 1 unspecified atom stereocenters. The van der Waals surface area contributed by atoms with Crippen molar-refractivity contribution in [2.45, 2.75) is 25.0 Å². The van der Waals surface area contributed by atoms with E-state index >= 15 is 0 Å². The van der Waals surface area contributed by atoms with E-state index in [-0.39, 0.29) is 39.9 Å². The van der Waals surface area contributed by atoms with Crippen LogP contribution in [-0.4, -0.2) is 48.8 Å². The summed E-state index contributed by atoms with van der Waals surface area (Å²) in [6, 6.07) is 8.49. The fourth-order valence-corrected chi connectivity index (χ4v) is 5.46. The van der Waals surface area contributed by atoms with Gasteiger partial charge >= 0.3 is 5.97 Å². The Hall–Kier alpha value is -3.69. The lowest BCUT2D eigenvalue weighted by atomic mass is 9.68. The third-order valence-corrected chi connectivity index (χ3v) is 7.40. The number of benzene rings is 2. The van der Waals surface area contributed by atoms with E-state index in [1.165, 1.54) is 57.7 Å². The minimum Gasteiger partial charge on any atom is -0.496 e. The molecule has 2 heterocycles. The monoisotopic (exact) mass is 527 g/mol. The second kappa shape index (κ2) is 9.00. The molecule has 192 valence electrons. The van der Waals surface area contributed by atoms with Crippen LogP contribution in [0.3, 0.4) is 0 Å². The number of ketones is 1. The molecule has 0 fully saturated rings. The minimum atomic E-state index is -1.76. The Morgan fingerprint density at radius 3 is 2.46 bits per heavy atom. The number of carbonyl (C=O) groups excluding carboxylic acids is 2. The molecule has 0 amide bonds. The van der Waals surface area contributed by atoms with Crippen LogP contribution in [0.4, 0.5) is 4.39 Å². The lowest BCUT2D eigenvalue weighted by molar-refractivity contribution is -0.0639. The summed E-state index contributed by atoms with van der Waals surface area (Å²) in [6.07, 6.45) is -1.33. The number of hydrogen-bond donors (Lipinski definition) is 1. The van der Waals surface area contributed by atoms with Crippen molar-refractivity contribution in [1.82, 2.24) is 4.98 Å². The first-order chi connectivity index (χ1) is 17.7. The van der Waals surface area contributed by atoms with Crippen LogP contribution in [0.5, 0.6) is 17.2 Å². The Morgan fingerprint density at radius 2 is 1.84 bits per heavy atom. The SMILES string of the molecule is COC(=O)c1cc(-c2ccc(F)cc2)c2c(n1)C[C@@H](C)[C@]1(Oc3c(Cl)c(OC)cc(OC)c3C1=O)C2O. The molecule has 0 saturated heterocycles. The van der Waals surface area contributed by atoms with E-state index in [1.807, 2.05) is 0 Å². The van der Waals surface area contributed by atoms with Gasteiger partial charge in [0.1, 0.15) is 39.7 Å². The second-order valence-electron chi connectivity index (χ2n) is 8.95. The highest BCUT2D eigenvalue weighted by atomic mass is 35.5. The van der Waals surface area contributed by atoms with Gasteiger partial charge in [0.2, 0.25) is 11.4 Å². The maximum Gasteiger partial charge on any atom is 0.356 e. The van der Waals surface area contributed by atoms with Crippen LogP contribution < -0.4 is 14.2 Å². The fraction of sp³-hybridized carbons (Fsp3) is 0.296. The van der Waals surface area contributed by atoms with Crippen molar-refractivity contribution in [3.8, 4) is 28.4 Å². The molecule has 0 bridgehead atoms. The Morgan fingerprint density at radius 1 is 1.16 bits per heavy atom. The largest absolute Gasteiger partial charge is 0.496 e. The van der Waals surface area contributed by atoms with Crippen LogP contribution >= 0.6 is 11.6 Å². The van der Waals surface area contributed by atoms with Gasteiger partial charge in [-0.2, -0.15) is 0 Å². The molecule has 1 aromatic heterocycles. The van der Waals surface area contributed by atoms with Crippen LogP contribution in [0, 0.1) is 11.7 Å². The predicted octanol–water partition coefficient (Wildman–Crippen LogP) is 4.58. The van der Waals surface area contributed by atoms with Crippen molar-refractivity contribution in [2.24, 2.45) is 5.92 Å². The molecule has 10 heteroatoms. The van der Waals surface area contributed by atoms with Crippen LogP contribution in [0.1, 0.15) is 45.1 Å². The summed E-state index contributed by atoms with van der Waals surface area (Å²) in [4.78, 5) is 30.9. The number of hydrogen-bond acceptors (Lipinski definition) is 8. The molecule has 1 aliphatic carbocycles. The standard InChI is InChI=1S/C27H23ClFNO7/c1-12-9-16-20(15(10-17(30-16)26(33)36-4)13-5-7-14(29)8-6-13)24(31)27(12)25(32)21-18(34-2)11-19(35-3)22(28)23(21)37-27/h5-8,10-12,24,31H,9H2,1-4H3/t12-,24?,27+/m1/s1. The van der Waals surface area contributed by atoms with E-state index in [2.05, 4.69) is 4.98 Å². The molecule has 8 nitrogen and oxygen atoms in total. The van der Waals surface area contributed by atoms with Crippen LogP contribution in [0.15, 0.2) is 36.4 Å². The Bertz CT molecular complexity index is 1440. The van der Waals surface area contributed by atoms with Gasteiger partial charge in [0.05, 0.1) is 21.3 Å². The summed E-state index contributed by atoms with van der Waals surface area (Å²) < 4.78 is 35.6. The van der Waals surface area contributed by atoms with Gasteiger partial charge in [-0.1, -0.05) is 30.7 Å². The van der Waals surface area contributed by atoms with Crippen molar-refractivity contribution in [2.75, 3.05) is 21.3 Å². The highest BCUT2D eigenvalue weighted by Gasteiger charge is 2.62. The molecule has 2 aliphatic rings. The summed E-state index contributed by atoms with van der Waals surface area (Å²) in [5.41, 5.74) is -0.0442. The summed E-state index contributed by atoms with van der Waals surface area (Å²) in [7, 11) is 4.07. The van der Waals surface area contributed by atoms with E-state index in [0.29, 0.717) is 22.4 Å². The first-order valence-electron chi connectivity index (χ1n) is 11.4. The molecule has 1 spiro atoms. The van der Waals surface area contributed by atoms with Gasteiger partial charge in [-0.15, -0.1) is 0 Å². The number of esters is 1. The van der Waals surface area contributed by atoms with Gasteiger partial charge in [-0.25, -0.2) is 14.2 Å². The average Bonchev–Trinajstić information content (AvgIpc) is 3.21. The molecule has 0 saturated carbocycles. The van der Waals surface area contributed by atoms with Gasteiger partial charge in [0.25, 0.3) is 0 Å². The highest BCUT2D eigenvalue weighted by Crippen LogP contribution is 2.57. The quantitative estimate of drug-likeness (QED) is 0.492. The van der Waals surface area contributed by atoms with Crippen LogP contribution in [0.25, 0.3) is 11.1 Å². The maximum absolute atomic E-state index is 14.0. The highest BCUT2D eigenvalue weighted by molar-refractivity contribution is 6.35. The number of rotatable bonds is 4. The average molecular weight is 528 g/mol. The van der Waals surface area contributed by atoms with Crippen molar-refractivity contribution < 1.29 is 38.0 Å². The van der Waals surface area contributed by atoms with Gasteiger partial charge in [0, 0.05) is 23.2 Å². The van der Waals surface area contributed by atoms with Gasteiger partial charge < -0.3 is 24.1 Å². The fourth-order valence-electron chi connectivity index (χ4n) is 5.19. The van der Waals surface area contributed by atoms with Gasteiger partial charge in [-0.3, -0.25) is 4.79 Å². The zero-order valence-corrected chi connectivity index (χ0v) is 21.2. The summed E-state index contributed by atoms with van der Waals surface area (Å²) >= 11 is 6.52. The molecule has 1 aliphatic heterocycles. The number of carbonyl (C=O) groups is 2. The van der Waals surface area contributed by atoms with E-state index in [4.69, 9.17) is 30.5 Å². The summed E-state index contributed by atoms with van der Waals surface area (Å²) in [6.45, 7) is 1.75. The topological polar surface area (TPSA) is 104 Å². The van der Waals surface area contributed by atoms with Crippen molar-refractivity contribution in [1.29, 1.82) is 0 Å². The lowest BCUT2D eigenvalue weighted by Gasteiger charge is -2.42. The van der Waals surface area contributed by atoms with E-state index < -0.39 is 35.2 Å². The smallest absolute Gasteiger partial charge is 0.356 e. The Balaban J connectivity index is 1.74. The third kappa shape index (κ3) is 3.56. The number of aliphatic hydroxyl groups is 1. The molecule has 1 N–H and O–H groups in total. The second-order valence-corrected chi connectivity index (χ2v) is 9.32. The number of Topliss-reactive ketones (excluding diaryl/α,β-unsaturated/α-hetero) is 1. The number of aromatic nitrogens is 1. The number of pyridine rings is 1. The van der Waals surface area contributed by atoms with E-state index in [1.54, 1.807) is 6.92 Å². The van der Waals surface area contributed by atoms with Crippen LogP contribution in [0.2, 0.25) is 5.02 Å². The molecule has 2 aromatic carbocycles. The zero-order valence-electron chi connectivity index (χ0n) is 20.4.